The first-order valence-electron chi connectivity index (χ1n) is 3.36. The first-order chi connectivity index (χ1) is 3.56. The summed E-state index contributed by atoms with van der Waals surface area (Å²) < 4.78 is 1.10. The van der Waals surface area contributed by atoms with Crippen LogP contribution >= 0.6 is 0 Å². The Bertz CT molecular complexity index is 52.1. The second-order valence-electron chi connectivity index (χ2n) is 3.37. The van der Waals surface area contributed by atoms with Crippen molar-refractivity contribution in [1.82, 2.24) is 0 Å². The molecule has 0 aliphatic heterocycles. The summed E-state index contributed by atoms with van der Waals surface area (Å²) in [5.41, 5.74) is 0. The van der Waals surface area contributed by atoms with Gasteiger partial charge in [-0.25, -0.2) is 0 Å². The lowest BCUT2D eigenvalue weighted by Crippen LogP contribution is -2.35. The van der Waals surface area contributed by atoms with Crippen LogP contribution in [0.1, 0.15) is 27.2 Å². The Morgan fingerprint density at radius 2 is 1.56 bits per heavy atom. The van der Waals surface area contributed by atoms with Crippen LogP contribution in [0.2, 0.25) is 0 Å². The number of hydrogen-bond donors (Lipinski definition) is 0. The van der Waals surface area contributed by atoms with Gasteiger partial charge in [0.15, 0.2) is 0 Å². The van der Waals surface area contributed by atoms with E-state index in [0.29, 0.717) is 0 Å². The molecule has 0 atom stereocenters. The smallest absolute Gasteiger partial charge is 0.0780 e. The van der Waals surface area contributed by atoms with Gasteiger partial charge in [-0.2, -0.15) is 0 Å². The van der Waals surface area contributed by atoms with Gasteiger partial charge in [0.25, 0.3) is 0 Å². The Labute approximate surface area is 60.3 Å². The zero-order valence-electron chi connectivity index (χ0n) is 6.57. The zero-order valence-corrected chi connectivity index (χ0v) is 6.57. The molecule has 9 heavy (non-hydrogen) atoms. The molecule has 0 aliphatic rings. The van der Waals surface area contributed by atoms with Crippen LogP contribution in [-0.2, 0) is 0 Å². The molecule has 0 aromatic rings. The number of quaternary nitrogens is 1. The second-order valence-corrected chi connectivity index (χ2v) is 3.37. The average molecular weight is 132 g/mol. The maximum absolute atomic E-state index is 2.23. The predicted molar refractivity (Wildman–Crippen MR) is 44.5 cm³/mol. The van der Waals surface area contributed by atoms with E-state index in [2.05, 4.69) is 28.1 Å². The fourth-order valence-electron chi connectivity index (χ4n) is 0.632. The van der Waals surface area contributed by atoms with Crippen molar-refractivity contribution in [1.29, 1.82) is 0 Å². The van der Waals surface area contributed by atoms with Crippen molar-refractivity contribution >= 4 is 0 Å². The largest absolute Gasteiger partial charge is 0.331 e. The monoisotopic (exact) mass is 132 g/mol. The molecule has 0 saturated carbocycles. The van der Waals surface area contributed by atoms with E-state index in [4.69, 9.17) is 0 Å². The first-order valence-corrected chi connectivity index (χ1v) is 3.36. The standard InChI is InChI=1S/C7H18N.CH4/c1-5-6-7-8(2,3)4;/h5-7H2,1-4H3;1H4/q+1;. The van der Waals surface area contributed by atoms with E-state index in [-0.39, 0.29) is 7.43 Å². The van der Waals surface area contributed by atoms with Gasteiger partial charge >= 0.3 is 0 Å². The van der Waals surface area contributed by atoms with Crippen LogP contribution < -0.4 is 0 Å². The molecule has 0 aliphatic carbocycles. The molecule has 0 saturated heterocycles. The van der Waals surface area contributed by atoms with Crippen molar-refractivity contribution in [3.05, 3.63) is 0 Å². The molecule has 0 radical (unpaired) electrons. The molecule has 0 aromatic heterocycles. The van der Waals surface area contributed by atoms with Gasteiger partial charge in [0.1, 0.15) is 0 Å². The van der Waals surface area contributed by atoms with E-state index in [1.807, 2.05) is 0 Å². The van der Waals surface area contributed by atoms with Crippen molar-refractivity contribution in [2.75, 3.05) is 27.7 Å². The summed E-state index contributed by atoms with van der Waals surface area (Å²) >= 11 is 0. The molecule has 58 valence electrons. The highest BCUT2D eigenvalue weighted by atomic mass is 15.3. The lowest BCUT2D eigenvalue weighted by molar-refractivity contribution is -0.870. The zero-order chi connectivity index (χ0) is 6.62. The Morgan fingerprint density at radius 1 is 1.11 bits per heavy atom. The third-order valence-corrected chi connectivity index (χ3v) is 1.18. The van der Waals surface area contributed by atoms with Gasteiger partial charge in [0.2, 0.25) is 0 Å². The summed E-state index contributed by atoms with van der Waals surface area (Å²) in [7, 11) is 6.70. The van der Waals surface area contributed by atoms with Crippen molar-refractivity contribution in [3.8, 4) is 0 Å². The Hall–Kier alpha value is -0.0400. The minimum Gasteiger partial charge on any atom is -0.331 e. The van der Waals surface area contributed by atoms with Crippen molar-refractivity contribution in [2.24, 2.45) is 0 Å². The van der Waals surface area contributed by atoms with Crippen LogP contribution in [0.4, 0.5) is 0 Å². The summed E-state index contributed by atoms with van der Waals surface area (Å²) in [6.07, 6.45) is 2.67. The van der Waals surface area contributed by atoms with Crippen LogP contribution in [-0.4, -0.2) is 32.2 Å². The number of hydrogen-bond acceptors (Lipinski definition) is 0. The van der Waals surface area contributed by atoms with E-state index < -0.39 is 0 Å². The van der Waals surface area contributed by atoms with E-state index in [1.165, 1.54) is 19.4 Å². The quantitative estimate of drug-likeness (QED) is 0.516. The van der Waals surface area contributed by atoms with Crippen LogP contribution in [0.3, 0.4) is 0 Å². The normalized spacial score (nSPS) is 10.7. The number of rotatable bonds is 3. The highest BCUT2D eigenvalue weighted by Crippen LogP contribution is 1.94. The molecule has 0 rings (SSSR count). The molecule has 0 aromatic carbocycles. The van der Waals surface area contributed by atoms with Crippen LogP contribution in [0.15, 0.2) is 0 Å². The molecule has 0 heterocycles. The van der Waals surface area contributed by atoms with E-state index in [1.54, 1.807) is 0 Å². The Morgan fingerprint density at radius 3 is 1.67 bits per heavy atom. The number of nitrogens with zero attached hydrogens (tertiary/aromatic N) is 1. The van der Waals surface area contributed by atoms with E-state index >= 15 is 0 Å². The summed E-state index contributed by atoms with van der Waals surface area (Å²) in [5, 5.41) is 0. The summed E-state index contributed by atoms with van der Waals surface area (Å²) in [6, 6.07) is 0. The molecule has 1 heteroatoms. The maximum atomic E-state index is 2.23. The third kappa shape index (κ3) is 11.5. The molecule has 1 nitrogen and oxygen atoms in total. The van der Waals surface area contributed by atoms with Crippen molar-refractivity contribution in [3.63, 3.8) is 0 Å². The molecular weight excluding hydrogens is 110 g/mol. The molecule has 0 fully saturated rings. The van der Waals surface area contributed by atoms with E-state index in [9.17, 15) is 0 Å². The number of unbranched alkanes of at least 4 members (excludes halogenated alkanes) is 1. The maximum Gasteiger partial charge on any atom is 0.0780 e. The van der Waals surface area contributed by atoms with Gasteiger partial charge in [-0.15, -0.1) is 0 Å². The van der Waals surface area contributed by atoms with Gasteiger partial charge in [-0.3, -0.25) is 0 Å². The SMILES string of the molecule is C.CCCC[N+](C)(C)C. The van der Waals surface area contributed by atoms with E-state index in [0.717, 1.165) is 4.48 Å². The fourth-order valence-corrected chi connectivity index (χ4v) is 0.632. The average Bonchev–Trinajstić information content (AvgIpc) is 1.59. The summed E-state index contributed by atoms with van der Waals surface area (Å²) in [5.74, 6) is 0. The van der Waals surface area contributed by atoms with Crippen molar-refractivity contribution < 1.29 is 4.48 Å². The minimum atomic E-state index is 0. The third-order valence-electron chi connectivity index (χ3n) is 1.18. The molecule has 0 unspecified atom stereocenters. The topological polar surface area (TPSA) is 0 Å². The van der Waals surface area contributed by atoms with Crippen LogP contribution in [0.5, 0.6) is 0 Å². The Kier molecular flexibility index (Phi) is 6.25. The van der Waals surface area contributed by atoms with Crippen molar-refractivity contribution in [2.45, 2.75) is 27.2 Å². The summed E-state index contributed by atoms with van der Waals surface area (Å²) in [6.45, 7) is 3.53. The lowest BCUT2D eigenvalue weighted by atomic mass is 10.3. The fraction of sp³-hybridized carbons (Fsp3) is 1.00. The van der Waals surface area contributed by atoms with Gasteiger partial charge in [-0.05, 0) is 6.42 Å². The molecular formula is C8H22N+. The second kappa shape index (κ2) is 4.80. The van der Waals surface area contributed by atoms with Gasteiger partial charge in [0, 0.05) is 0 Å². The minimum absolute atomic E-state index is 0. The molecule has 0 amide bonds. The highest BCUT2D eigenvalue weighted by molar-refractivity contribution is 4.29. The summed E-state index contributed by atoms with van der Waals surface area (Å²) in [4.78, 5) is 0. The predicted octanol–water partition coefficient (Wildman–Crippen LogP) is 2.13. The molecule has 0 N–H and O–H groups in total. The Balaban J connectivity index is 0. The van der Waals surface area contributed by atoms with Gasteiger partial charge < -0.3 is 4.48 Å². The van der Waals surface area contributed by atoms with Crippen LogP contribution in [0, 0.1) is 0 Å². The molecule has 0 bridgehead atoms. The van der Waals surface area contributed by atoms with Gasteiger partial charge in [0.05, 0.1) is 27.7 Å². The lowest BCUT2D eigenvalue weighted by Gasteiger charge is -2.23. The highest BCUT2D eigenvalue weighted by Gasteiger charge is 2.02. The van der Waals surface area contributed by atoms with Crippen LogP contribution in [0.25, 0.3) is 0 Å². The van der Waals surface area contributed by atoms with Gasteiger partial charge in [-0.1, -0.05) is 20.8 Å². The first kappa shape index (κ1) is 11.7. The molecule has 0 spiro atoms.